The number of rotatable bonds is 5. The van der Waals surface area contributed by atoms with Crippen LogP contribution in [0.5, 0.6) is 5.75 Å². The van der Waals surface area contributed by atoms with E-state index in [2.05, 4.69) is 22.3 Å². The molecule has 0 fully saturated rings. The van der Waals surface area contributed by atoms with Crippen LogP contribution in [0, 0.1) is 5.82 Å². The van der Waals surface area contributed by atoms with Crippen molar-refractivity contribution in [3.05, 3.63) is 29.6 Å². The van der Waals surface area contributed by atoms with Crippen LogP contribution in [0.1, 0.15) is 5.56 Å². The van der Waals surface area contributed by atoms with Crippen molar-refractivity contribution in [3.63, 3.8) is 0 Å². The zero-order valence-corrected chi connectivity index (χ0v) is 10.5. The number of esters is 1. The quantitative estimate of drug-likeness (QED) is 0.619. The van der Waals surface area contributed by atoms with Gasteiger partial charge >= 0.3 is 5.97 Å². The fraction of sp³-hybridized carbons (Fsp3) is 0.364. The Bertz CT molecular complexity index is 400. The summed E-state index contributed by atoms with van der Waals surface area (Å²) in [6.45, 7) is 0. The molecular weight excluding hydrogens is 245 g/mol. The van der Waals surface area contributed by atoms with E-state index in [0.29, 0.717) is 6.42 Å². The molecule has 1 aromatic rings. The fourth-order valence-corrected chi connectivity index (χ4v) is 1.59. The second-order valence-corrected chi connectivity index (χ2v) is 3.64. The molecule has 0 aromatic heterocycles. The molecule has 6 heteroatoms. The molecule has 1 atom stereocenters. The highest BCUT2D eigenvalue weighted by atomic mass is 32.1. The standard InChI is InChI=1S/C11H14FNO3S/c1-15-10-6-7(3-4-8(10)12)5-9(13-17)11(14)16-2/h3-4,6,9,13,17H,5H2,1-2H3. The van der Waals surface area contributed by atoms with Crippen molar-refractivity contribution in [2.75, 3.05) is 14.2 Å². The molecule has 1 N–H and O–H groups in total. The maximum Gasteiger partial charge on any atom is 0.324 e. The number of hydrogen-bond donors (Lipinski definition) is 2. The molecule has 1 rings (SSSR count). The predicted octanol–water partition coefficient (Wildman–Crippen LogP) is 1.35. The van der Waals surface area contributed by atoms with E-state index in [1.165, 1.54) is 26.4 Å². The van der Waals surface area contributed by atoms with Crippen molar-refractivity contribution >= 4 is 18.8 Å². The van der Waals surface area contributed by atoms with Crippen molar-refractivity contribution in [1.29, 1.82) is 0 Å². The van der Waals surface area contributed by atoms with Gasteiger partial charge in [0, 0.05) is 0 Å². The largest absolute Gasteiger partial charge is 0.494 e. The molecule has 0 radical (unpaired) electrons. The number of methoxy groups -OCH3 is 2. The first-order valence-electron chi connectivity index (χ1n) is 4.92. The maximum absolute atomic E-state index is 13.2. The van der Waals surface area contributed by atoms with Crippen molar-refractivity contribution in [2.24, 2.45) is 0 Å². The normalized spacial score (nSPS) is 12.0. The van der Waals surface area contributed by atoms with Crippen molar-refractivity contribution in [2.45, 2.75) is 12.5 Å². The zero-order valence-electron chi connectivity index (χ0n) is 9.57. The summed E-state index contributed by atoms with van der Waals surface area (Å²) in [4.78, 5) is 11.3. The third-order valence-corrected chi connectivity index (χ3v) is 2.61. The SMILES string of the molecule is COC(=O)C(Cc1ccc(F)c(OC)c1)NS. The van der Waals surface area contributed by atoms with E-state index >= 15 is 0 Å². The molecule has 0 saturated heterocycles. The Morgan fingerprint density at radius 1 is 1.53 bits per heavy atom. The second-order valence-electron chi connectivity index (χ2n) is 3.38. The molecule has 0 aliphatic rings. The summed E-state index contributed by atoms with van der Waals surface area (Å²) in [5.74, 6) is -0.724. The Labute approximate surface area is 105 Å². The monoisotopic (exact) mass is 259 g/mol. The number of benzene rings is 1. The third kappa shape index (κ3) is 3.61. The van der Waals surface area contributed by atoms with E-state index < -0.39 is 17.8 Å². The number of carbonyl (C=O) groups is 1. The van der Waals surface area contributed by atoms with E-state index in [-0.39, 0.29) is 5.75 Å². The van der Waals surface area contributed by atoms with Crippen LogP contribution in [0.2, 0.25) is 0 Å². The summed E-state index contributed by atoms with van der Waals surface area (Å²) in [7, 11) is 2.68. The van der Waals surface area contributed by atoms with Crippen molar-refractivity contribution in [3.8, 4) is 5.75 Å². The summed E-state index contributed by atoms with van der Waals surface area (Å²) in [5, 5.41) is 0. The van der Waals surface area contributed by atoms with Crippen LogP contribution in [0.4, 0.5) is 4.39 Å². The lowest BCUT2D eigenvalue weighted by molar-refractivity contribution is -0.142. The van der Waals surface area contributed by atoms with Crippen LogP contribution in [0.3, 0.4) is 0 Å². The highest BCUT2D eigenvalue weighted by Gasteiger charge is 2.18. The Kier molecular flexibility index (Phi) is 5.24. The summed E-state index contributed by atoms with van der Waals surface area (Å²) in [5.41, 5.74) is 0.750. The van der Waals surface area contributed by atoms with Crippen LogP contribution >= 0.6 is 12.8 Å². The van der Waals surface area contributed by atoms with Gasteiger partial charge in [0.25, 0.3) is 0 Å². The summed E-state index contributed by atoms with van der Waals surface area (Å²) < 4.78 is 25.2. The molecule has 0 bridgehead atoms. The van der Waals surface area contributed by atoms with Crippen LogP contribution in [0.15, 0.2) is 18.2 Å². The van der Waals surface area contributed by atoms with Gasteiger partial charge in [-0.05, 0) is 24.1 Å². The van der Waals surface area contributed by atoms with E-state index in [1.54, 1.807) is 6.07 Å². The van der Waals surface area contributed by atoms with Gasteiger partial charge in [-0.15, -0.1) is 0 Å². The molecule has 0 amide bonds. The van der Waals surface area contributed by atoms with E-state index in [1.807, 2.05) is 0 Å². The van der Waals surface area contributed by atoms with E-state index in [9.17, 15) is 9.18 Å². The molecule has 0 aliphatic carbocycles. The van der Waals surface area contributed by atoms with Crippen LogP contribution in [-0.4, -0.2) is 26.2 Å². The number of nitrogens with one attached hydrogen (secondary N) is 1. The topological polar surface area (TPSA) is 47.6 Å². The third-order valence-electron chi connectivity index (χ3n) is 2.30. The lowest BCUT2D eigenvalue weighted by Crippen LogP contribution is -2.34. The Balaban J connectivity index is 2.83. The number of carbonyl (C=O) groups excluding carboxylic acids is 1. The molecule has 0 saturated carbocycles. The van der Waals surface area contributed by atoms with Gasteiger partial charge in [-0.3, -0.25) is 9.52 Å². The first-order valence-corrected chi connectivity index (χ1v) is 5.37. The minimum atomic E-state index is -0.585. The Morgan fingerprint density at radius 2 is 2.24 bits per heavy atom. The van der Waals surface area contributed by atoms with E-state index in [0.717, 1.165) is 5.56 Å². The minimum absolute atomic E-state index is 0.144. The van der Waals surface area contributed by atoms with Crippen LogP contribution < -0.4 is 9.46 Å². The second kappa shape index (κ2) is 6.46. The first kappa shape index (κ1) is 13.8. The molecular formula is C11H14FNO3S. The smallest absolute Gasteiger partial charge is 0.324 e. The molecule has 4 nitrogen and oxygen atoms in total. The van der Waals surface area contributed by atoms with Gasteiger partial charge in [-0.1, -0.05) is 18.9 Å². The average molecular weight is 259 g/mol. The van der Waals surface area contributed by atoms with Gasteiger partial charge in [0.1, 0.15) is 6.04 Å². The highest BCUT2D eigenvalue weighted by molar-refractivity contribution is 7.78. The van der Waals surface area contributed by atoms with Gasteiger partial charge < -0.3 is 9.47 Å². The van der Waals surface area contributed by atoms with Crippen LogP contribution in [-0.2, 0) is 16.0 Å². The fourth-order valence-electron chi connectivity index (χ4n) is 1.39. The lowest BCUT2D eigenvalue weighted by Gasteiger charge is -2.13. The highest BCUT2D eigenvalue weighted by Crippen LogP contribution is 2.19. The number of ether oxygens (including phenoxy) is 2. The summed E-state index contributed by atoms with van der Waals surface area (Å²) in [6.07, 6.45) is 0.340. The van der Waals surface area contributed by atoms with E-state index in [4.69, 9.17) is 4.74 Å². The summed E-state index contributed by atoms with van der Waals surface area (Å²) >= 11 is 3.85. The average Bonchev–Trinajstić information content (AvgIpc) is 2.36. The summed E-state index contributed by atoms with van der Waals surface area (Å²) in [6, 6.07) is 3.83. The minimum Gasteiger partial charge on any atom is -0.494 e. The van der Waals surface area contributed by atoms with Gasteiger partial charge in [0.2, 0.25) is 0 Å². The van der Waals surface area contributed by atoms with Gasteiger partial charge in [-0.25, -0.2) is 4.39 Å². The molecule has 0 heterocycles. The molecule has 94 valence electrons. The van der Waals surface area contributed by atoms with Gasteiger partial charge in [0.15, 0.2) is 11.6 Å². The number of hydrogen-bond acceptors (Lipinski definition) is 5. The number of halogens is 1. The predicted molar refractivity (Wildman–Crippen MR) is 64.6 cm³/mol. The molecule has 0 spiro atoms. The first-order chi connectivity index (χ1) is 8.12. The molecule has 17 heavy (non-hydrogen) atoms. The number of thiol groups is 1. The van der Waals surface area contributed by atoms with Gasteiger partial charge in [-0.2, -0.15) is 0 Å². The zero-order chi connectivity index (χ0) is 12.8. The maximum atomic E-state index is 13.2. The Hall–Kier alpha value is -1.27. The van der Waals surface area contributed by atoms with Crippen molar-refractivity contribution < 1.29 is 18.7 Å². The van der Waals surface area contributed by atoms with Crippen LogP contribution in [0.25, 0.3) is 0 Å². The lowest BCUT2D eigenvalue weighted by atomic mass is 10.1. The van der Waals surface area contributed by atoms with Gasteiger partial charge in [0.05, 0.1) is 14.2 Å². The molecule has 1 unspecified atom stereocenters. The Morgan fingerprint density at radius 3 is 2.76 bits per heavy atom. The van der Waals surface area contributed by atoms with Crippen molar-refractivity contribution in [1.82, 2.24) is 4.72 Å². The molecule has 0 aliphatic heterocycles. The molecule has 1 aromatic carbocycles.